The van der Waals surface area contributed by atoms with Crippen LogP contribution in [0.25, 0.3) is 10.9 Å². The van der Waals surface area contributed by atoms with Crippen molar-refractivity contribution in [3.05, 3.63) is 67.8 Å². The van der Waals surface area contributed by atoms with Gasteiger partial charge in [0.15, 0.2) is 0 Å². The van der Waals surface area contributed by atoms with E-state index in [9.17, 15) is 14.4 Å². The molecule has 0 spiro atoms. The number of benzene rings is 2. The molecule has 2 N–H and O–H groups in total. The van der Waals surface area contributed by atoms with Crippen LogP contribution in [-0.2, 0) is 6.54 Å². The maximum Gasteiger partial charge on any atom is 0.328 e. The maximum absolute atomic E-state index is 12.5. The molecule has 0 radical (unpaired) electrons. The van der Waals surface area contributed by atoms with E-state index in [4.69, 9.17) is 16.3 Å². The second kappa shape index (κ2) is 7.05. The second-order valence-corrected chi connectivity index (χ2v) is 5.95. The first-order valence-corrected chi connectivity index (χ1v) is 8.24. The van der Waals surface area contributed by atoms with Crippen molar-refractivity contribution in [2.75, 3.05) is 12.4 Å². The van der Waals surface area contributed by atoms with E-state index in [1.165, 1.54) is 25.3 Å². The van der Waals surface area contributed by atoms with Crippen LogP contribution in [0.5, 0.6) is 5.75 Å². The van der Waals surface area contributed by atoms with Crippen molar-refractivity contribution in [3.63, 3.8) is 0 Å². The van der Waals surface area contributed by atoms with E-state index in [0.717, 1.165) is 4.57 Å². The van der Waals surface area contributed by atoms with Crippen LogP contribution in [0.15, 0.2) is 46.0 Å². The molecule has 0 aliphatic carbocycles. The third-order valence-corrected chi connectivity index (χ3v) is 4.27. The summed E-state index contributed by atoms with van der Waals surface area (Å²) < 4.78 is 6.17. The minimum atomic E-state index is -0.510. The fourth-order valence-corrected chi connectivity index (χ4v) is 2.89. The lowest BCUT2D eigenvalue weighted by Crippen LogP contribution is -2.34. The smallest absolute Gasteiger partial charge is 0.328 e. The summed E-state index contributed by atoms with van der Waals surface area (Å²) in [4.78, 5) is 39.3. The molecule has 0 aliphatic heterocycles. The Balaban J connectivity index is 1.95. The lowest BCUT2D eigenvalue weighted by Gasteiger charge is -2.09. The summed E-state index contributed by atoms with van der Waals surface area (Å²) in [6.07, 6.45) is 0. The zero-order valence-corrected chi connectivity index (χ0v) is 14.9. The number of ether oxygens (including phenoxy) is 1. The number of carbonyl (C=O) groups is 1. The first-order chi connectivity index (χ1) is 12.4. The normalized spacial score (nSPS) is 10.7. The van der Waals surface area contributed by atoms with Gasteiger partial charge >= 0.3 is 5.69 Å². The van der Waals surface area contributed by atoms with Crippen molar-refractivity contribution < 1.29 is 9.53 Å². The van der Waals surface area contributed by atoms with E-state index in [2.05, 4.69) is 10.3 Å². The lowest BCUT2D eigenvalue weighted by atomic mass is 10.1. The van der Waals surface area contributed by atoms with Crippen LogP contribution in [0, 0.1) is 0 Å². The SMILES string of the molecule is CCn1c(=O)[nH]c2cc(C(=O)Nc3ccc(OC)c(Cl)c3)ccc2c1=O. The molecule has 7 nitrogen and oxygen atoms in total. The Hall–Kier alpha value is -3.06. The predicted octanol–water partition coefficient (Wildman–Crippen LogP) is 2.62. The number of hydrogen-bond donors (Lipinski definition) is 2. The van der Waals surface area contributed by atoms with Gasteiger partial charge < -0.3 is 15.0 Å². The van der Waals surface area contributed by atoms with Gasteiger partial charge in [-0.2, -0.15) is 0 Å². The van der Waals surface area contributed by atoms with Crippen LogP contribution < -0.4 is 21.3 Å². The summed E-state index contributed by atoms with van der Waals surface area (Å²) in [5.41, 5.74) is 0.208. The van der Waals surface area contributed by atoms with Crippen LogP contribution in [0.3, 0.4) is 0 Å². The van der Waals surface area contributed by atoms with Gasteiger partial charge in [0, 0.05) is 17.8 Å². The Morgan fingerprint density at radius 1 is 1.23 bits per heavy atom. The number of anilines is 1. The largest absolute Gasteiger partial charge is 0.495 e. The highest BCUT2D eigenvalue weighted by molar-refractivity contribution is 6.32. The average molecular weight is 374 g/mol. The van der Waals surface area contributed by atoms with Crippen LogP contribution in [0.1, 0.15) is 17.3 Å². The molecule has 1 amide bonds. The van der Waals surface area contributed by atoms with Crippen LogP contribution in [0.2, 0.25) is 5.02 Å². The standard InChI is InChI=1S/C18H16ClN3O4/c1-3-22-17(24)12-6-4-10(8-14(12)21-18(22)25)16(23)20-11-5-7-15(26-2)13(19)9-11/h4-9H,3H2,1-2H3,(H,20,23)(H,21,25). The van der Waals surface area contributed by atoms with Crippen LogP contribution in [-0.4, -0.2) is 22.6 Å². The van der Waals surface area contributed by atoms with Crippen molar-refractivity contribution in [2.45, 2.75) is 13.5 Å². The zero-order chi connectivity index (χ0) is 18.8. The van der Waals surface area contributed by atoms with E-state index in [1.807, 2.05) is 0 Å². The summed E-state index contributed by atoms with van der Waals surface area (Å²) in [5.74, 6) is 0.105. The van der Waals surface area contributed by atoms with Gasteiger partial charge in [-0.1, -0.05) is 11.6 Å². The Bertz CT molecular complexity index is 1120. The van der Waals surface area contributed by atoms with E-state index < -0.39 is 11.6 Å². The molecular weight excluding hydrogens is 358 g/mol. The first-order valence-electron chi connectivity index (χ1n) is 7.86. The number of hydrogen-bond acceptors (Lipinski definition) is 4. The molecule has 134 valence electrons. The number of rotatable bonds is 4. The van der Waals surface area contributed by atoms with Gasteiger partial charge in [-0.3, -0.25) is 14.2 Å². The number of methoxy groups -OCH3 is 1. The molecule has 0 saturated heterocycles. The Kier molecular flexibility index (Phi) is 4.81. The van der Waals surface area contributed by atoms with Gasteiger partial charge in [-0.05, 0) is 43.3 Å². The summed E-state index contributed by atoms with van der Waals surface area (Å²) in [5, 5.41) is 3.42. The van der Waals surface area contributed by atoms with Crippen molar-refractivity contribution >= 4 is 34.1 Å². The third kappa shape index (κ3) is 3.21. The highest BCUT2D eigenvalue weighted by atomic mass is 35.5. The van der Waals surface area contributed by atoms with Crippen molar-refractivity contribution in [1.29, 1.82) is 0 Å². The fraction of sp³-hybridized carbons (Fsp3) is 0.167. The number of carbonyl (C=O) groups excluding carboxylic acids is 1. The minimum Gasteiger partial charge on any atom is -0.495 e. The summed E-state index contributed by atoms with van der Waals surface area (Å²) in [6, 6.07) is 9.40. The molecule has 0 aliphatic rings. The minimum absolute atomic E-state index is 0.268. The molecule has 2 aromatic carbocycles. The number of amides is 1. The third-order valence-electron chi connectivity index (χ3n) is 3.97. The van der Waals surface area contributed by atoms with E-state index in [-0.39, 0.29) is 12.1 Å². The predicted molar refractivity (Wildman–Crippen MR) is 100 cm³/mol. The highest BCUT2D eigenvalue weighted by Crippen LogP contribution is 2.27. The molecule has 26 heavy (non-hydrogen) atoms. The zero-order valence-electron chi connectivity index (χ0n) is 14.1. The molecule has 0 unspecified atom stereocenters. The number of halogens is 1. The number of aromatic nitrogens is 2. The number of nitrogens with zero attached hydrogens (tertiary/aromatic N) is 1. The molecule has 1 aromatic heterocycles. The number of aromatic amines is 1. The molecular formula is C18H16ClN3O4. The van der Waals surface area contributed by atoms with Gasteiger partial charge in [0.25, 0.3) is 11.5 Å². The lowest BCUT2D eigenvalue weighted by molar-refractivity contribution is 0.102. The molecule has 0 bridgehead atoms. The maximum atomic E-state index is 12.5. The Morgan fingerprint density at radius 3 is 2.65 bits per heavy atom. The van der Waals surface area contributed by atoms with Gasteiger partial charge in [-0.25, -0.2) is 4.79 Å². The van der Waals surface area contributed by atoms with Crippen molar-refractivity contribution in [1.82, 2.24) is 9.55 Å². The monoisotopic (exact) mass is 373 g/mol. The fourth-order valence-electron chi connectivity index (χ4n) is 2.63. The quantitative estimate of drug-likeness (QED) is 0.735. The van der Waals surface area contributed by atoms with Gasteiger partial charge in [0.05, 0.1) is 23.0 Å². The molecule has 8 heteroatoms. The van der Waals surface area contributed by atoms with Crippen LogP contribution in [0.4, 0.5) is 5.69 Å². The number of fused-ring (bicyclic) bond motifs is 1. The molecule has 1 heterocycles. The number of H-pyrrole nitrogens is 1. The topological polar surface area (TPSA) is 93.2 Å². The highest BCUT2D eigenvalue weighted by Gasteiger charge is 2.12. The van der Waals surface area contributed by atoms with E-state index >= 15 is 0 Å². The van der Waals surface area contributed by atoms with E-state index in [1.54, 1.807) is 25.1 Å². The van der Waals surface area contributed by atoms with Crippen molar-refractivity contribution in [3.8, 4) is 5.75 Å². The summed E-state index contributed by atoms with van der Waals surface area (Å²) >= 11 is 6.05. The molecule has 0 atom stereocenters. The average Bonchev–Trinajstić information content (AvgIpc) is 2.61. The summed E-state index contributed by atoms with van der Waals surface area (Å²) in [6.45, 7) is 1.98. The van der Waals surface area contributed by atoms with Gasteiger partial charge in [0.1, 0.15) is 5.75 Å². The van der Waals surface area contributed by atoms with Gasteiger partial charge in [0.2, 0.25) is 0 Å². The molecule has 0 saturated carbocycles. The van der Waals surface area contributed by atoms with Crippen LogP contribution >= 0.6 is 11.6 Å². The Morgan fingerprint density at radius 2 is 2.00 bits per heavy atom. The molecule has 0 fully saturated rings. The summed E-state index contributed by atoms with van der Waals surface area (Å²) in [7, 11) is 1.50. The number of nitrogens with one attached hydrogen (secondary N) is 2. The van der Waals surface area contributed by atoms with Crippen molar-refractivity contribution in [2.24, 2.45) is 0 Å². The second-order valence-electron chi connectivity index (χ2n) is 5.54. The Labute approximate surface area is 153 Å². The van der Waals surface area contributed by atoms with E-state index in [0.29, 0.717) is 32.9 Å². The molecule has 3 rings (SSSR count). The molecule has 3 aromatic rings. The van der Waals surface area contributed by atoms with Gasteiger partial charge in [-0.15, -0.1) is 0 Å². The first kappa shape index (κ1) is 17.8.